The van der Waals surface area contributed by atoms with Crippen molar-refractivity contribution in [2.24, 2.45) is 4.99 Å². The molecule has 6 nitrogen and oxygen atoms in total. The van der Waals surface area contributed by atoms with Crippen LogP contribution in [0.1, 0.15) is 41.6 Å². The van der Waals surface area contributed by atoms with E-state index in [-0.39, 0.29) is 31.1 Å². The van der Waals surface area contributed by atoms with E-state index in [2.05, 4.69) is 9.98 Å². The number of methoxy groups -OCH3 is 1. The Morgan fingerprint density at radius 3 is 2.79 bits per heavy atom. The van der Waals surface area contributed by atoms with E-state index >= 15 is 0 Å². The van der Waals surface area contributed by atoms with Crippen LogP contribution in [0.4, 0.5) is 0 Å². The van der Waals surface area contributed by atoms with E-state index in [1.807, 2.05) is 43.3 Å². The lowest BCUT2D eigenvalue weighted by Gasteiger charge is -2.22. The molecule has 1 aliphatic rings. The summed E-state index contributed by atoms with van der Waals surface area (Å²) in [6, 6.07) is 11.5. The standard InChI is InChI=1S/C22H26N2O4/c1-3-28-22-20-13-23-17(9-16(20)12-24-22)10-18(25)11-19(21(26)14-27-2)15-7-5-4-6-8-15/h4-9,13,19,21,26H,3,10-12,14H2,1-2H3/t19-,21-/m0/s1. The number of carbonyl (C=O) groups excluding carboxylic acids is 1. The van der Waals surface area contributed by atoms with Crippen molar-refractivity contribution < 1.29 is 19.4 Å². The zero-order valence-electron chi connectivity index (χ0n) is 16.3. The Bertz CT molecular complexity index is 836. The third kappa shape index (κ3) is 4.82. The van der Waals surface area contributed by atoms with Crippen molar-refractivity contribution in [1.29, 1.82) is 0 Å². The first-order valence-electron chi connectivity index (χ1n) is 9.51. The number of pyridine rings is 1. The lowest BCUT2D eigenvalue weighted by atomic mass is 9.88. The maximum Gasteiger partial charge on any atom is 0.218 e. The van der Waals surface area contributed by atoms with Crippen LogP contribution in [0.2, 0.25) is 0 Å². The maximum absolute atomic E-state index is 12.7. The van der Waals surface area contributed by atoms with E-state index in [1.165, 1.54) is 0 Å². The summed E-state index contributed by atoms with van der Waals surface area (Å²) in [6.45, 7) is 3.21. The first-order chi connectivity index (χ1) is 13.6. The molecule has 3 rings (SSSR count). The van der Waals surface area contributed by atoms with Crippen molar-refractivity contribution in [3.63, 3.8) is 0 Å². The molecule has 0 saturated carbocycles. The van der Waals surface area contributed by atoms with Crippen molar-refractivity contribution in [3.8, 4) is 0 Å². The highest BCUT2D eigenvalue weighted by molar-refractivity contribution is 5.97. The molecule has 148 valence electrons. The average molecular weight is 382 g/mol. The first kappa shape index (κ1) is 20.2. The minimum Gasteiger partial charge on any atom is -0.478 e. The highest BCUT2D eigenvalue weighted by Crippen LogP contribution is 2.25. The molecule has 28 heavy (non-hydrogen) atoms. The quantitative estimate of drug-likeness (QED) is 0.721. The third-order valence-electron chi connectivity index (χ3n) is 4.81. The highest BCUT2D eigenvalue weighted by atomic mass is 16.5. The number of hydrogen-bond acceptors (Lipinski definition) is 6. The summed E-state index contributed by atoms with van der Waals surface area (Å²) < 4.78 is 10.6. The van der Waals surface area contributed by atoms with Crippen LogP contribution in [-0.2, 0) is 27.2 Å². The number of aliphatic hydroxyl groups excluding tert-OH is 1. The third-order valence-corrected chi connectivity index (χ3v) is 4.81. The van der Waals surface area contributed by atoms with Gasteiger partial charge in [0.1, 0.15) is 5.78 Å². The predicted molar refractivity (Wildman–Crippen MR) is 106 cm³/mol. The molecule has 2 heterocycles. The summed E-state index contributed by atoms with van der Waals surface area (Å²) in [5.74, 6) is 0.339. The van der Waals surface area contributed by atoms with E-state index in [9.17, 15) is 9.90 Å². The Labute approximate surface area is 165 Å². The molecular weight excluding hydrogens is 356 g/mol. The van der Waals surface area contributed by atoms with Gasteiger partial charge in [0, 0.05) is 37.8 Å². The molecule has 0 radical (unpaired) electrons. The summed E-state index contributed by atoms with van der Waals surface area (Å²) in [5.41, 5.74) is 3.57. The van der Waals surface area contributed by atoms with Gasteiger partial charge in [-0.15, -0.1) is 0 Å². The Kier molecular flexibility index (Phi) is 6.90. The number of aliphatic imine (C=N–C) groups is 1. The Balaban J connectivity index is 1.68. The molecule has 2 aromatic rings. The van der Waals surface area contributed by atoms with E-state index in [4.69, 9.17) is 9.47 Å². The number of ketones is 1. The van der Waals surface area contributed by atoms with E-state index < -0.39 is 6.10 Å². The Hall–Kier alpha value is -2.57. The molecule has 0 saturated heterocycles. The van der Waals surface area contributed by atoms with Crippen molar-refractivity contribution in [3.05, 3.63) is 65.0 Å². The van der Waals surface area contributed by atoms with Gasteiger partial charge in [-0.3, -0.25) is 9.78 Å². The van der Waals surface area contributed by atoms with Gasteiger partial charge in [0.2, 0.25) is 5.90 Å². The van der Waals surface area contributed by atoms with Crippen LogP contribution >= 0.6 is 0 Å². The summed E-state index contributed by atoms with van der Waals surface area (Å²) >= 11 is 0. The number of benzene rings is 1. The fourth-order valence-electron chi connectivity index (χ4n) is 3.45. The van der Waals surface area contributed by atoms with Gasteiger partial charge in [0.25, 0.3) is 0 Å². The largest absolute Gasteiger partial charge is 0.478 e. The number of Topliss-reactive ketones (excluding diaryl/α,β-unsaturated/α-hetero) is 1. The van der Waals surface area contributed by atoms with Gasteiger partial charge in [0.05, 0.1) is 31.4 Å². The molecule has 0 fully saturated rings. The maximum atomic E-state index is 12.7. The van der Waals surface area contributed by atoms with Crippen LogP contribution < -0.4 is 0 Å². The number of rotatable bonds is 9. The molecule has 6 heteroatoms. The molecule has 1 aliphatic heterocycles. The summed E-state index contributed by atoms with van der Waals surface area (Å²) in [7, 11) is 1.54. The summed E-state index contributed by atoms with van der Waals surface area (Å²) in [5, 5.41) is 10.5. The number of ether oxygens (including phenoxy) is 2. The molecule has 0 aliphatic carbocycles. The van der Waals surface area contributed by atoms with Crippen LogP contribution in [0.3, 0.4) is 0 Å². The zero-order valence-corrected chi connectivity index (χ0v) is 16.3. The molecule has 2 atom stereocenters. The lowest BCUT2D eigenvalue weighted by Crippen LogP contribution is -2.26. The molecule has 0 spiro atoms. The monoisotopic (exact) mass is 382 g/mol. The number of aliphatic hydroxyl groups is 1. The normalized spacial score (nSPS) is 14.9. The summed E-state index contributed by atoms with van der Waals surface area (Å²) in [6.07, 6.45) is 1.44. The van der Waals surface area contributed by atoms with E-state index in [0.29, 0.717) is 24.7 Å². The van der Waals surface area contributed by atoms with Gasteiger partial charge in [-0.2, -0.15) is 0 Å². The van der Waals surface area contributed by atoms with Crippen LogP contribution in [0, 0.1) is 0 Å². The smallest absolute Gasteiger partial charge is 0.218 e. The van der Waals surface area contributed by atoms with Crippen molar-refractivity contribution in [2.75, 3.05) is 20.3 Å². The number of fused-ring (bicyclic) bond motifs is 1. The molecule has 1 aromatic heterocycles. The molecule has 1 aromatic carbocycles. The number of aromatic nitrogens is 1. The van der Waals surface area contributed by atoms with Gasteiger partial charge in [0.15, 0.2) is 0 Å². The van der Waals surface area contributed by atoms with Crippen LogP contribution in [0.15, 0.2) is 47.6 Å². The van der Waals surface area contributed by atoms with Gasteiger partial charge in [-0.25, -0.2) is 4.99 Å². The molecular formula is C22H26N2O4. The highest BCUT2D eigenvalue weighted by Gasteiger charge is 2.25. The molecule has 0 bridgehead atoms. The zero-order chi connectivity index (χ0) is 19.9. The fourth-order valence-corrected chi connectivity index (χ4v) is 3.45. The number of hydrogen-bond donors (Lipinski definition) is 1. The van der Waals surface area contributed by atoms with Crippen molar-refractivity contribution in [2.45, 2.75) is 38.3 Å². The SMILES string of the molecule is CCOC1=NCc2cc(CC(=O)C[C@@H](c3ccccc3)[C@@H](O)COC)ncc21. The van der Waals surface area contributed by atoms with Gasteiger partial charge in [-0.05, 0) is 24.1 Å². The van der Waals surface area contributed by atoms with Crippen LogP contribution in [0.25, 0.3) is 0 Å². The first-order valence-corrected chi connectivity index (χ1v) is 9.51. The Morgan fingerprint density at radius 1 is 1.29 bits per heavy atom. The Morgan fingerprint density at radius 2 is 2.07 bits per heavy atom. The minimum atomic E-state index is -0.744. The van der Waals surface area contributed by atoms with Gasteiger partial charge >= 0.3 is 0 Å². The summed E-state index contributed by atoms with van der Waals surface area (Å²) in [4.78, 5) is 21.5. The van der Waals surface area contributed by atoms with Gasteiger partial charge in [-0.1, -0.05) is 30.3 Å². The van der Waals surface area contributed by atoms with E-state index in [1.54, 1.807) is 13.3 Å². The topological polar surface area (TPSA) is 81.0 Å². The molecule has 0 unspecified atom stereocenters. The molecule has 1 N–H and O–H groups in total. The lowest BCUT2D eigenvalue weighted by molar-refractivity contribution is -0.119. The van der Waals surface area contributed by atoms with E-state index in [0.717, 1.165) is 16.7 Å². The second kappa shape index (κ2) is 9.57. The van der Waals surface area contributed by atoms with Gasteiger partial charge < -0.3 is 14.6 Å². The average Bonchev–Trinajstić information content (AvgIpc) is 3.09. The van der Waals surface area contributed by atoms with Crippen LogP contribution in [0.5, 0.6) is 0 Å². The predicted octanol–water partition coefficient (Wildman–Crippen LogP) is 2.67. The second-order valence-electron chi connectivity index (χ2n) is 6.85. The van der Waals surface area contributed by atoms with Crippen LogP contribution in [-0.4, -0.2) is 48.2 Å². The number of carbonyl (C=O) groups is 1. The van der Waals surface area contributed by atoms with Crippen molar-refractivity contribution in [1.82, 2.24) is 4.98 Å². The second-order valence-corrected chi connectivity index (χ2v) is 6.85. The number of nitrogens with zero attached hydrogens (tertiary/aromatic N) is 2. The van der Waals surface area contributed by atoms with Crippen molar-refractivity contribution >= 4 is 11.7 Å². The minimum absolute atomic E-state index is 0.0282. The fraction of sp³-hybridized carbons (Fsp3) is 0.409. The molecule has 0 amide bonds.